The van der Waals surface area contributed by atoms with Crippen LogP contribution in [0.25, 0.3) is 0 Å². The molecule has 2 heterocycles. The minimum Gasteiger partial charge on any atom is -0.358 e. The second kappa shape index (κ2) is 5.39. The standard InChI is InChI=1S/C9H9BrClN5O4S/c1-5-8(10)6(14(2)12-5)3-15-4-7(21(11,19)20)9(13-15)16(17)18/h4H,3H2,1-2H3. The van der Waals surface area contributed by atoms with Crippen molar-refractivity contribution in [2.45, 2.75) is 18.4 Å². The van der Waals surface area contributed by atoms with Crippen molar-refractivity contribution in [3.8, 4) is 0 Å². The highest BCUT2D eigenvalue weighted by atomic mass is 79.9. The van der Waals surface area contributed by atoms with E-state index in [1.165, 1.54) is 0 Å². The van der Waals surface area contributed by atoms with Crippen molar-refractivity contribution < 1.29 is 13.3 Å². The van der Waals surface area contributed by atoms with Crippen LogP contribution in [0.3, 0.4) is 0 Å². The number of rotatable bonds is 4. The summed E-state index contributed by atoms with van der Waals surface area (Å²) in [5, 5.41) is 18.7. The van der Waals surface area contributed by atoms with Crippen LogP contribution in [-0.4, -0.2) is 32.9 Å². The first kappa shape index (κ1) is 15.9. The smallest absolute Gasteiger partial charge is 0.358 e. The minimum atomic E-state index is -4.25. The molecule has 0 saturated carbocycles. The lowest BCUT2D eigenvalue weighted by atomic mass is 10.3. The lowest BCUT2D eigenvalue weighted by Gasteiger charge is -1.99. The van der Waals surface area contributed by atoms with Gasteiger partial charge in [0.1, 0.15) is 6.54 Å². The summed E-state index contributed by atoms with van der Waals surface area (Å²) in [6, 6.07) is 0. The molecule has 0 fully saturated rings. The molecule has 2 aromatic heterocycles. The molecule has 0 spiro atoms. The van der Waals surface area contributed by atoms with Crippen LogP contribution < -0.4 is 0 Å². The average molecular weight is 399 g/mol. The summed E-state index contributed by atoms with van der Waals surface area (Å²) in [4.78, 5) is 9.32. The number of hydrogen-bond donors (Lipinski definition) is 0. The van der Waals surface area contributed by atoms with Crippen LogP contribution in [0, 0.1) is 17.0 Å². The van der Waals surface area contributed by atoms with Crippen molar-refractivity contribution in [3.05, 3.63) is 32.2 Å². The van der Waals surface area contributed by atoms with Gasteiger partial charge in [-0.15, -0.1) is 0 Å². The van der Waals surface area contributed by atoms with E-state index in [9.17, 15) is 18.5 Å². The lowest BCUT2D eigenvalue weighted by molar-refractivity contribution is -0.392. The average Bonchev–Trinajstić information content (AvgIpc) is 2.87. The molecule has 2 aromatic rings. The number of halogens is 2. The van der Waals surface area contributed by atoms with E-state index in [1.54, 1.807) is 18.7 Å². The Morgan fingerprint density at radius 1 is 1.48 bits per heavy atom. The molecule has 0 aliphatic carbocycles. The second-order valence-corrected chi connectivity index (χ2v) is 7.51. The fourth-order valence-corrected chi connectivity index (χ4v) is 3.15. The SMILES string of the molecule is Cc1nn(C)c(Cn2cc(S(=O)(=O)Cl)c([N+](=O)[O-])n2)c1Br. The Morgan fingerprint density at radius 3 is 2.48 bits per heavy atom. The van der Waals surface area contributed by atoms with Crippen molar-refractivity contribution in [3.63, 3.8) is 0 Å². The Morgan fingerprint density at radius 2 is 2.10 bits per heavy atom. The molecule has 12 heteroatoms. The summed E-state index contributed by atoms with van der Waals surface area (Å²) >= 11 is 3.35. The zero-order valence-electron chi connectivity index (χ0n) is 10.8. The summed E-state index contributed by atoms with van der Waals surface area (Å²) in [6.07, 6.45) is 1.02. The van der Waals surface area contributed by atoms with E-state index in [4.69, 9.17) is 10.7 Å². The third kappa shape index (κ3) is 3.09. The van der Waals surface area contributed by atoms with Gasteiger partial charge in [0.15, 0.2) is 0 Å². The van der Waals surface area contributed by atoms with Gasteiger partial charge >= 0.3 is 5.82 Å². The van der Waals surface area contributed by atoms with E-state index < -0.39 is 24.7 Å². The minimum absolute atomic E-state index is 0.102. The molecule has 0 aromatic carbocycles. The summed E-state index contributed by atoms with van der Waals surface area (Å²) in [6.45, 7) is 1.89. The van der Waals surface area contributed by atoms with Crippen molar-refractivity contribution in [1.29, 1.82) is 0 Å². The first-order chi connectivity index (χ1) is 9.61. The van der Waals surface area contributed by atoms with Crippen molar-refractivity contribution in [2.24, 2.45) is 7.05 Å². The molecule has 0 aliphatic rings. The number of aromatic nitrogens is 4. The van der Waals surface area contributed by atoms with Crippen LogP contribution in [0.4, 0.5) is 5.82 Å². The summed E-state index contributed by atoms with van der Waals surface area (Å²) in [7, 11) is 2.63. The third-order valence-electron chi connectivity index (χ3n) is 2.72. The highest BCUT2D eigenvalue weighted by Crippen LogP contribution is 2.26. The molecule has 9 nitrogen and oxygen atoms in total. The zero-order chi connectivity index (χ0) is 15.9. The predicted molar refractivity (Wildman–Crippen MR) is 76.7 cm³/mol. The van der Waals surface area contributed by atoms with E-state index in [0.717, 1.165) is 21.0 Å². The van der Waals surface area contributed by atoms with Crippen LogP contribution in [0.2, 0.25) is 0 Å². The number of aryl methyl sites for hydroxylation is 2. The molecule has 0 saturated heterocycles. The first-order valence-corrected chi connectivity index (χ1v) is 8.56. The van der Waals surface area contributed by atoms with E-state index in [-0.39, 0.29) is 6.54 Å². The fourth-order valence-electron chi connectivity index (χ4n) is 1.78. The van der Waals surface area contributed by atoms with Crippen molar-refractivity contribution >= 4 is 41.5 Å². The first-order valence-electron chi connectivity index (χ1n) is 5.45. The number of nitrogens with zero attached hydrogens (tertiary/aromatic N) is 5. The molecule has 0 unspecified atom stereocenters. The number of nitro groups is 1. The molecule has 2 rings (SSSR count). The molecule has 0 atom stereocenters. The van der Waals surface area contributed by atoms with Gasteiger partial charge in [0.25, 0.3) is 9.05 Å². The molecule has 114 valence electrons. The molecular weight excluding hydrogens is 390 g/mol. The van der Waals surface area contributed by atoms with Gasteiger partial charge in [-0.25, -0.2) is 8.42 Å². The number of hydrogen-bond acceptors (Lipinski definition) is 6. The van der Waals surface area contributed by atoms with E-state index >= 15 is 0 Å². The molecule has 0 aliphatic heterocycles. The molecule has 0 amide bonds. The summed E-state index contributed by atoms with van der Waals surface area (Å²) < 4.78 is 26.1. The Balaban J connectivity index is 2.49. The maximum absolute atomic E-state index is 11.3. The third-order valence-corrected chi connectivity index (χ3v) is 5.06. The highest BCUT2D eigenvalue weighted by Gasteiger charge is 2.30. The van der Waals surface area contributed by atoms with Crippen LogP contribution in [0.5, 0.6) is 0 Å². The predicted octanol–water partition coefficient (Wildman–Crippen LogP) is 1.57. The van der Waals surface area contributed by atoms with Crippen LogP contribution in [0.15, 0.2) is 15.6 Å². The normalized spacial score (nSPS) is 11.8. The monoisotopic (exact) mass is 397 g/mol. The van der Waals surface area contributed by atoms with E-state index in [1.807, 2.05) is 0 Å². The molecular formula is C9H9BrClN5O4S. The van der Waals surface area contributed by atoms with E-state index in [0.29, 0.717) is 5.69 Å². The van der Waals surface area contributed by atoms with Crippen molar-refractivity contribution in [2.75, 3.05) is 0 Å². The summed E-state index contributed by atoms with van der Waals surface area (Å²) in [5.41, 5.74) is 1.42. The second-order valence-electron chi connectivity index (χ2n) is 4.18. The van der Waals surface area contributed by atoms with Gasteiger partial charge in [0.2, 0.25) is 4.90 Å². The lowest BCUT2D eigenvalue weighted by Crippen LogP contribution is -2.07. The highest BCUT2D eigenvalue weighted by molar-refractivity contribution is 9.10. The van der Waals surface area contributed by atoms with Gasteiger partial charge in [0, 0.05) is 17.7 Å². The van der Waals surface area contributed by atoms with Gasteiger partial charge in [0.05, 0.1) is 27.2 Å². The topological polar surface area (TPSA) is 113 Å². The Kier molecular flexibility index (Phi) is 4.08. The van der Waals surface area contributed by atoms with Crippen LogP contribution >= 0.6 is 26.6 Å². The zero-order valence-corrected chi connectivity index (χ0v) is 14.0. The maximum atomic E-state index is 11.3. The summed E-state index contributed by atoms with van der Waals surface area (Å²) in [5.74, 6) is -0.806. The van der Waals surface area contributed by atoms with Crippen LogP contribution in [-0.2, 0) is 22.6 Å². The molecule has 0 radical (unpaired) electrons. The van der Waals surface area contributed by atoms with Crippen molar-refractivity contribution in [1.82, 2.24) is 19.6 Å². The van der Waals surface area contributed by atoms with Gasteiger partial charge in [-0.05, 0) is 27.8 Å². The Hall–Kier alpha value is -1.46. The maximum Gasteiger partial charge on any atom is 0.410 e. The Bertz CT molecular complexity index is 828. The van der Waals surface area contributed by atoms with E-state index in [2.05, 4.69) is 26.1 Å². The van der Waals surface area contributed by atoms with Gasteiger partial charge in [-0.1, -0.05) is 0 Å². The van der Waals surface area contributed by atoms with Gasteiger partial charge < -0.3 is 10.1 Å². The molecule has 0 N–H and O–H groups in total. The molecule has 21 heavy (non-hydrogen) atoms. The van der Waals surface area contributed by atoms with Gasteiger partial charge in [-0.3, -0.25) is 4.68 Å². The quantitative estimate of drug-likeness (QED) is 0.439. The van der Waals surface area contributed by atoms with Crippen LogP contribution in [0.1, 0.15) is 11.4 Å². The molecule has 0 bridgehead atoms. The Labute approximate surface area is 132 Å². The van der Waals surface area contributed by atoms with Gasteiger partial charge in [-0.2, -0.15) is 9.78 Å². The largest absolute Gasteiger partial charge is 0.410 e. The fraction of sp³-hybridized carbons (Fsp3) is 0.333.